The van der Waals surface area contributed by atoms with Gasteiger partial charge in [-0.2, -0.15) is 0 Å². The summed E-state index contributed by atoms with van der Waals surface area (Å²) in [7, 11) is 0. The van der Waals surface area contributed by atoms with E-state index in [1.807, 2.05) is 0 Å². The average Bonchev–Trinajstić information content (AvgIpc) is 1.61. The van der Waals surface area contributed by atoms with Gasteiger partial charge in [0, 0.05) is 10.7 Å². The van der Waals surface area contributed by atoms with Crippen LogP contribution in [0.25, 0.3) is 0 Å². The van der Waals surface area contributed by atoms with Crippen LogP contribution >= 0.6 is 27.5 Å². The zero-order chi connectivity index (χ0) is 6.57. The van der Waals surface area contributed by atoms with Crippen molar-refractivity contribution in [3.05, 3.63) is 22.8 Å². The smallest absolute Gasteiger partial charge is 0.121 e. The lowest BCUT2D eigenvalue weighted by Gasteiger charge is -1.80. The lowest BCUT2D eigenvalue weighted by molar-refractivity contribution is 1.56. The summed E-state index contributed by atoms with van der Waals surface area (Å²) in [6.07, 6.45) is 1.48. The fraction of sp³-hybridized carbons (Fsp3) is 0. The number of allylic oxidation sites excluding steroid dienone is 1. The van der Waals surface area contributed by atoms with Gasteiger partial charge >= 0.3 is 0 Å². The van der Waals surface area contributed by atoms with Crippen LogP contribution in [0, 0.1) is 0 Å². The zero-order valence-corrected chi connectivity index (χ0v) is 6.54. The van der Waals surface area contributed by atoms with E-state index in [1.165, 1.54) is 6.21 Å². The Morgan fingerprint density at radius 1 is 1.62 bits per heavy atom. The van der Waals surface area contributed by atoms with E-state index >= 15 is 0 Å². The van der Waals surface area contributed by atoms with E-state index in [0.717, 1.165) is 0 Å². The lowest BCUT2D eigenvalue weighted by Crippen LogP contribution is -1.67. The van der Waals surface area contributed by atoms with Crippen molar-refractivity contribution in [2.75, 3.05) is 0 Å². The van der Waals surface area contributed by atoms with Crippen LogP contribution in [-0.2, 0) is 0 Å². The Labute approximate surface area is 61.9 Å². The SMILES string of the molecule is C=C(Br)C=NC(=C)Cl. The summed E-state index contributed by atoms with van der Waals surface area (Å²) < 4.78 is 0.680. The Kier molecular flexibility index (Phi) is 3.83. The van der Waals surface area contributed by atoms with E-state index in [-0.39, 0.29) is 5.16 Å². The molecular weight excluding hydrogens is 189 g/mol. The quantitative estimate of drug-likeness (QED) is 0.473. The Bertz CT molecular complexity index is 123. The predicted molar refractivity (Wildman–Crippen MR) is 41.6 cm³/mol. The second-order valence-corrected chi connectivity index (χ2v) is 2.54. The molecule has 0 fully saturated rings. The van der Waals surface area contributed by atoms with Crippen LogP contribution in [0.5, 0.6) is 0 Å². The summed E-state index contributed by atoms with van der Waals surface area (Å²) in [6, 6.07) is 0. The van der Waals surface area contributed by atoms with Crippen molar-refractivity contribution < 1.29 is 0 Å². The summed E-state index contributed by atoms with van der Waals surface area (Å²) in [6.45, 7) is 6.83. The van der Waals surface area contributed by atoms with Crippen LogP contribution < -0.4 is 0 Å². The number of hydrogen-bond donors (Lipinski definition) is 0. The minimum absolute atomic E-state index is 0.255. The molecule has 0 spiro atoms. The highest BCUT2D eigenvalue weighted by molar-refractivity contribution is 9.12. The fourth-order valence-electron chi connectivity index (χ4n) is 0.140. The van der Waals surface area contributed by atoms with Crippen molar-refractivity contribution in [2.45, 2.75) is 0 Å². The molecule has 0 N–H and O–H groups in total. The summed E-state index contributed by atoms with van der Waals surface area (Å²) in [5, 5.41) is 0.255. The number of nitrogens with zero attached hydrogens (tertiary/aromatic N) is 1. The van der Waals surface area contributed by atoms with Gasteiger partial charge in [-0.3, -0.25) is 0 Å². The maximum absolute atomic E-state index is 5.27. The van der Waals surface area contributed by atoms with Crippen LogP contribution in [0.3, 0.4) is 0 Å². The molecule has 44 valence electrons. The lowest BCUT2D eigenvalue weighted by atomic mass is 10.7. The summed E-state index contributed by atoms with van der Waals surface area (Å²) in [5.41, 5.74) is 0. The molecule has 3 heteroatoms. The van der Waals surface area contributed by atoms with E-state index in [9.17, 15) is 0 Å². The zero-order valence-electron chi connectivity index (χ0n) is 4.19. The monoisotopic (exact) mass is 193 g/mol. The molecule has 0 aliphatic carbocycles. The number of aliphatic imine (C=N–C) groups is 1. The highest BCUT2D eigenvalue weighted by Gasteiger charge is 1.77. The number of halogens is 2. The Morgan fingerprint density at radius 2 is 2.12 bits per heavy atom. The Morgan fingerprint density at radius 3 is 2.25 bits per heavy atom. The van der Waals surface area contributed by atoms with Crippen molar-refractivity contribution in [1.29, 1.82) is 0 Å². The van der Waals surface area contributed by atoms with Gasteiger partial charge in [-0.25, -0.2) is 4.99 Å². The molecule has 0 heterocycles. The molecule has 0 bridgehead atoms. The second kappa shape index (κ2) is 3.87. The van der Waals surface area contributed by atoms with E-state index in [1.54, 1.807) is 0 Å². The van der Waals surface area contributed by atoms with Gasteiger partial charge in [0.15, 0.2) is 0 Å². The molecule has 0 rings (SSSR count). The maximum atomic E-state index is 5.27. The van der Waals surface area contributed by atoms with E-state index in [2.05, 4.69) is 34.1 Å². The van der Waals surface area contributed by atoms with Gasteiger partial charge in [0.1, 0.15) is 5.16 Å². The van der Waals surface area contributed by atoms with Gasteiger partial charge in [0.05, 0.1) is 0 Å². The number of hydrogen-bond acceptors (Lipinski definition) is 1. The first-order valence-electron chi connectivity index (χ1n) is 1.86. The minimum atomic E-state index is 0.255. The van der Waals surface area contributed by atoms with Crippen LogP contribution in [0.4, 0.5) is 0 Å². The Balaban J connectivity index is 3.67. The van der Waals surface area contributed by atoms with E-state index in [0.29, 0.717) is 4.48 Å². The topological polar surface area (TPSA) is 12.4 Å². The highest BCUT2D eigenvalue weighted by Crippen LogP contribution is 2.00. The second-order valence-electron chi connectivity index (χ2n) is 1.08. The standard InChI is InChI=1S/C5H5BrClN/c1-4(6)3-8-5(2)7/h3H,1-2H2. The molecule has 1 nitrogen and oxygen atoms in total. The third kappa shape index (κ3) is 5.92. The van der Waals surface area contributed by atoms with Gasteiger partial charge in [0.2, 0.25) is 0 Å². The normalized spacial score (nSPS) is 9.75. The minimum Gasteiger partial charge on any atom is -0.244 e. The van der Waals surface area contributed by atoms with Crippen molar-refractivity contribution >= 4 is 33.7 Å². The first kappa shape index (κ1) is 7.92. The molecule has 0 aromatic carbocycles. The molecule has 0 aromatic rings. The molecule has 0 atom stereocenters. The molecule has 0 aliphatic rings. The van der Waals surface area contributed by atoms with Gasteiger partial charge in [-0.05, 0) is 15.9 Å². The fourth-order valence-corrected chi connectivity index (χ4v) is 0.291. The summed E-state index contributed by atoms with van der Waals surface area (Å²) in [5.74, 6) is 0. The van der Waals surface area contributed by atoms with E-state index in [4.69, 9.17) is 11.6 Å². The number of rotatable bonds is 2. The maximum Gasteiger partial charge on any atom is 0.121 e. The molecule has 0 aliphatic heterocycles. The van der Waals surface area contributed by atoms with Crippen molar-refractivity contribution in [2.24, 2.45) is 4.99 Å². The van der Waals surface area contributed by atoms with Crippen molar-refractivity contribution in [1.82, 2.24) is 0 Å². The largest absolute Gasteiger partial charge is 0.244 e. The molecule has 0 saturated heterocycles. The molecule has 0 saturated carbocycles. The summed E-state index contributed by atoms with van der Waals surface area (Å²) >= 11 is 8.33. The van der Waals surface area contributed by atoms with E-state index < -0.39 is 0 Å². The first-order chi connectivity index (χ1) is 3.63. The van der Waals surface area contributed by atoms with Gasteiger partial charge in [-0.1, -0.05) is 24.8 Å². The molecular formula is C5H5BrClN. The third-order valence-corrected chi connectivity index (χ3v) is 0.647. The van der Waals surface area contributed by atoms with Gasteiger partial charge < -0.3 is 0 Å². The van der Waals surface area contributed by atoms with Crippen LogP contribution in [0.15, 0.2) is 27.8 Å². The summed E-state index contributed by atoms with van der Waals surface area (Å²) in [4.78, 5) is 3.62. The molecule has 8 heavy (non-hydrogen) atoms. The third-order valence-electron chi connectivity index (χ3n) is 0.345. The molecule has 0 unspecified atom stereocenters. The van der Waals surface area contributed by atoms with Gasteiger partial charge in [0.25, 0.3) is 0 Å². The average molecular weight is 194 g/mol. The molecule has 0 radical (unpaired) electrons. The molecule has 0 amide bonds. The molecule has 0 aromatic heterocycles. The van der Waals surface area contributed by atoms with Crippen LogP contribution in [0.2, 0.25) is 0 Å². The van der Waals surface area contributed by atoms with Gasteiger partial charge in [-0.15, -0.1) is 0 Å². The first-order valence-corrected chi connectivity index (χ1v) is 3.03. The van der Waals surface area contributed by atoms with Crippen LogP contribution in [-0.4, -0.2) is 6.21 Å². The van der Waals surface area contributed by atoms with Crippen LogP contribution in [0.1, 0.15) is 0 Å². The van der Waals surface area contributed by atoms with Crippen molar-refractivity contribution in [3.8, 4) is 0 Å². The predicted octanol–water partition coefficient (Wildman–Crippen LogP) is 2.68. The van der Waals surface area contributed by atoms with Crippen molar-refractivity contribution in [3.63, 3.8) is 0 Å². The highest BCUT2D eigenvalue weighted by atomic mass is 79.9. The Hall–Kier alpha value is -0.0800.